The lowest BCUT2D eigenvalue weighted by molar-refractivity contribution is -0.139. The predicted molar refractivity (Wildman–Crippen MR) is 126 cm³/mol. The molecule has 0 spiro atoms. The highest BCUT2D eigenvalue weighted by Crippen LogP contribution is 2.38. The minimum Gasteiger partial charge on any atom is -0.507 e. The van der Waals surface area contributed by atoms with Gasteiger partial charge in [0.1, 0.15) is 22.8 Å². The fourth-order valence-electron chi connectivity index (χ4n) is 4.38. The van der Waals surface area contributed by atoms with Crippen LogP contribution in [0.15, 0.2) is 69.9 Å². The van der Waals surface area contributed by atoms with E-state index in [4.69, 9.17) is 19.0 Å². The molecule has 1 atom stereocenters. The number of ether oxygens (including phenoxy) is 2. The summed E-state index contributed by atoms with van der Waals surface area (Å²) in [5, 5.41) is 19.6. The second-order valence-electron chi connectivity index (χ2n) is 8.58. The van der Waals surface area contributed by atoms with Crippen LogP contribution in [0.3, 0.4) is 0 Å². The van der Waals surface area contributed by atoms with E-state index < -0.39 is 24.3 Å². The topological polar surface area (TPSA) is 106 Å². The Hall–Kier alpha value is -3.58. The number of carboxylic acid groups (broad SMARTS) is 1. The van der Waals surface area contributed by atoms with Crippen LogP contribution in [0.25, 0.3) is 11.3 Å². The third kappa shape index (κ3) is 6.05. The average molecular weight is 465 g/mol. The molecule has 0 bridgehead atoms. The summed E-state index contributed by atoms with van der Waals surface area (Å²) in [6, 6.07) is 17.6. The first kappa shape index (κ1) is 23.6. The van der Waals surface area contributed by atoms with Crippen LogP contribution >= 0.6 is 0 Å². The molecule has 7 heteroatoms. The Kier molecular flexibility index (Phi) is 7.65. The Morgan fingerprint density at radius 2 is 1.76 bits per heavy atom. The maximum absolute atomic E-state index is 13.0. The van der Waals surface area contributed by atoms with E-state index in [0.717, 1.165) is 18.4 Å². The summed E-state index contributed by atoms with van der Waals surface area (Å²) in [7, 11) is 0. The van der Waals surface area contributed by atoms with Gasteiger partial charge >= 0.3 is 11.6 Å². The summed E-state index contributed by atoms with van der Waals surface area (Å²) >= 11 is 0. The van der Waals surface area contributed by atoms with Crippen LogP contribution in [0.5, 0.6) is 11.5 Å². The molecule has 0 radical (unpaired) electrons. The number of benzene rings is 2. The largest absolute Gasteiger partial charge is 0.507 e. The summed E-state index contributed by atoms with van der Waals surface area (Å²) in [6.07, 6.45) is 4.60. The normalized spacial score (nSPS) is 14.7. The van der Waals surface area contributed by atoms with Gasteiger partial charge in [-0.15, -0.1) is 0 Å². The zero-order valence-electron chi connectivity index (χ0n) is 18.8. The molecule has 1 unspecified atom stereocenters. The molecule has 7 nitrogen and oxygen atoms in total. The van der Waals surface area contributed by atoms with Gasteiger partial charge in [-0.1, -0.05) is 56.0 Å². The highest BCUT2D eigenvalue weighted by molar-refractivity contribution is 5.68. The van der Waals surface area contributed by atoms with Crippen molar-refractivity contribution in [2.75, 3.05) is 6.61 Å². The van der Waals surface area contributed by atoms with Gasteiger partial charge in [0.25, 0.3) is 0 Å². The number of hydrogen-bond acceptors (Lipinski definition) is 6. The highest BCUT2D eigenvalue weighted by Gasteiger charge is 2.27. The van der Waals surface area contributed by atoms with E-state index in [1.165, 1.54) is 18.9 Å². The van der Waals surface area contributed by atoms with E-state index in [2.05, 4.69) is 0 Å². The van der Waals surface area contributed by atoms with Gasteiger partial charge in [0.2, 0.25) is 0 Å². The Labute approximate surface area is 197 Å². The van der Waals surface area contributed by atoms with Crippen LogP contribution in [0, 0.1) is 5.92 Å². The minimum atomic E-state index is -1.07. The monoisotopic (exact) mass is 464 g/mol. The van der Waals surface area contributed by atoms with Crippen LogP contribution in [-0.2, 0) is 16.1 Å². The van der Waals surface area contributed by atoms with Crippen molar-refractivity contribution in [2.45, 2.75) is 44.8 Å². The zero-order valence-corrected chi connectivity index (χ0v) is 18.8. The molecule has 1 saturated carbocycles. The molecular formula is C27H28O7. The third-order valence-electron chi connectivity index (χ3n) is 6.11. The van der Waals surface area contributed by atoms with Gasteiger partial charge in [-0.05, 0) is 42.2 Å². The molecule has 178 valence electrons. The summed E-state index contributed by atoms with van der Waals surface area (Å²) in [6.45, 7) is -0.119. The van der Waals surface area contributed by atoms with Crippen molar-refractivity contribution in [1.82, 2.24) is 0 Å². The van der Waals surface area contributed by atoms with Crippen LogP contribution in [0.1, 0.15) is 49.3 Å². The van der Waals surface area contributed by atoms with E-state index in [1.54, 1.807) is 24.3 Å². The van der Waals surface area contributed by atoms with Crippen molar-refractivity contribution in [3.63, 3.8) is 0 Å². The van der Waals surface area contributed by atoms with Crippen molar-refractivity contribution < 1.29 is 28.9 Å². The molecule has 2 N–H and O–H groups in total. The van der Waals surface area contributed by atoms with E-state index in [0.29, 0.717) is 30.3 Å². The fourth-order valence-corrected chi connectivity index (χ4v) is 4.38. The van der Waals surface area contributed by atoms with Crippen LogP contribution in [0.4, 0.5) is 0 Å². The molecule has 1 fully saturated rings. The molecule has 1 heterocycles. The van der Waals surface area contributed by atoms with Crippen LogP contribution in [0.2, 0.25) is 0 Å². The Balaban J connectivity index is 1.56. The number of hydrogen-bond donors (Lipinski definition) is 2. The first-order valence-electron chi connectivity index (χ1n) is 11.5. The van der Waals surface area contributed by atoms with E-state index in [9.17, 15) is 14.7 Å². The molecule has 0 saturated heterocycles. The maximum atomic E-state index is 13.0. The van der Waals surface area contributed by atoms with Gasteiger partial charge in [0, 0.05) is 11.6 Å². The van der Waals surface area contributed by atoms with Crippen molar-refractivity contribution in [1.29, 1.82) is 0 Å². The first-order chi connectivity index (χ1) is 16.5. The number of carbonyl (C=O) groups is 1. The van der Waals surface area contributed by atoms with Gasteiger partial charge < -0.3 is 24.1 Å². The van der Waals surface area contributed by atoms with Gasteiger partial charge in [-0.25, -0.2) is 9.59 Å². The Morgan fingerprint density at radius 3 is 2.41 bits per heavy atom. The predicted octanol–water partition coefficient (Wildman–Crippen LogP) is 5.31. The number of aromatic hydroxyl groups is 1. The summed E-state index contributed by atoms with van der Waals surface area (Å²) < 4.78 is 16.9. The molecule has 1 aromatic heterocycles. The van der Waals surface area contributed by atoms with Crippen molar-refractivity contribution in [3.8, 4) is 22.8 Å². The van der Waals surface area contributed by atoms with Gasteiger partial charge in [0.15, 0.2) is 6.61 Å². The average Bonchev–Trinajstić information content (AvgIpc) is 3.35. The van der Waals surface area contributed by atoms with E-state index in [-0.39, 0.29) is 17.1 Å². The molecule has 1 aliphatic carbocycles. The van der Waals surface area contributed by atoms with Gasteiger partial charge in [0.05, 0.1) is 12.7 Å². The van der Waals surface area contributed by atoms with Crippen molar-refractivity contribution in [3.05, 3.63) is 82.2 Å². The molecule has 34 heavy (non-hydrogen) atoms. The molecule has 2 aromatic carbocycles. The molecule has 0 amide bonds. The molecule has 4 rings (SSSR count). The maximum Gasteiger partial charge on any atom is 0.345 e. The second kappa shape index (κ2) is 11.0. The fraction of sp³-hybridized carbons (Fsp3) is 0.333. The number of rotatable bonds is 10. The molecular weight excluding hydrogens is 436 g/mol. The highest BCUT2D eigenvalue weighted by atomic mass is 16.5. The minimum absolute atomic E-state index is 0.146. The Bertz CT molecular complexity index is 1150. The molecule has 1 aliphatic rings. The van der Waals surface area contributed by atoms with Crippen LogP contribution in [-0.4, -0.2) is 22.8 Å². The molecule has 3 aromatic rings. The second-order valence-corrected chi connectivity index (χ2v) is 8.58. The lowest BCUT2D eigenvalue weighted by Crippen LogP contribution is -2.18. The molecule has 0 aliphatic heterocycles. The quantitative estimate of drug-likeness (QED) is 0.418. The first-order valence-corrected chi connectivity index (χ1v) is 11.5. The smallest absolute Gasteiger partial charge is 0.345 e. The standard InChI is InChI=1S/C27H28O7/c28-22-15-23(20-10-12-21(13-11-20)32-17-25(29)30)34-27(31)26(22)24(14-18-6-4-5-7-18)33-16-19-8-2-1-3-9-19/h1-3,8-13,15,18,24,28H,4-7,14,16-17H2,(H,29,30). The lowest BCUT2D eigenvalue weighted by atomic mass is 9.95. The van der Waals surface area contributed by atoms with Crippen molar-refractivity contribution >= 4 is 5.97 Å². The number of aliphatic carboxylic acids is 1. The van der Waals surface area contributed by atoms with Crippen LogP contribution < -0.4 is 10.4 Å². The SMILES string of the molecule is O=C(O)COc1ccc(-c2cc(O)c(C(CC3CCCC3)OCc3ccccc3)c(=O)o2)cc1. The summed E-state index contributed by atoms with van der Waals surface area (Å²) in [5.74, 6) is -0.206. The van der Waals surface area contributed by atoms with E-state index >= 15 is 0 Å². The zero-order chi connectivity index (χ0) is 23.9. The lowest BCUT2D eigenvalue weighted by Gasteiger charge is -2.22. The summed E-state index contributed by atoms with van der Waals surface area (Å²) in [5.41, 5.74) is 1.06. The van der Waals surface area contributed by atoms with Gasteiger partial charge in [-0.3, -0.25) is 0 Å². The Morgan fingerprint density at radius 1 is 1.06 bits per heavy atom. The van der Waals surface area contributed by atoms with E-state index in [1.807, 2.05) is 30.3 Å². The third-order valence-corrected chi connectivity index (χ3v) is 6.11. The number of carboxylic acids is 1. The van der Waals surface area contributed by atoms with Crippen molar-refractivity contribution in [2.24, 2.45) is 5.92 Å². The van der Waals surface area contributed by atoms with Gasteiger partial charge in [-0.2, -0.15) is 0 Å². The summed E-state index contributed by atoms with van der Waals surface area (Å²) in [4.78, 5) is 23.7.